The molecular weight excluding hydrogens is 430 g/mol. The Balaban J connectivity index is 1.39. The summed E-state index contributed by atoms with van der Waals surface area (Å²) in [5.41, 5.74) is 2.02. The summed E-state index contributed by atoms with van der Waals surface area (Å²) in [7, 11) is -3.49. The highest BCUT2D eigenvalue weighted by Gasteiger charge is 2.31. The number of para-hydroxylation sites is 1. The number of benzene rings is 2. The van der Waals surface area contributed by atoms with Crippen LogP contribution in [-0.2, 0) is 14.8 Å². The summed E-state index contributed by atoms with van der Waals surface area (Å²) in [5, 5.41) is 0.467. The van der Waals surface area contributed by atoms with Crippen molar-refractivity contribution in [2.45, 2.75) is 35.3 Å². The van der Waals surface area contributed by atoms with Gasteiger partial charge in [0.1, 0.15) is 0 Å². The third-order valence-electron chi connectivity index (χ3n) is 5.89. The third kappa shape index (κ3) is 4.98. The second-order valence-electron chi connectivity index (χ2n) is 8.22. The van der Waals surface area contributed by atoms with Crippen LogP contribution in [0.25, 0.3) is 0 Å². The molecule has 1 atom stereocenters. The summed E-state index contributed by atoms with van der Waals surface area (Å²) < 4.78 is 27.3. The molecule has 31 heavy (non-hydrogen) atoms. The Kier molecular flexibility index (Phi) is 6.71. The monoisotopic (exact) mass is 459 g/mol. The van der Waals surface area contributed by atoms with Crippen LogP contribution < -0.4 is 4.90 Å². The molecule has 0 saturated carbocycles. The Bertz CT molecular complexity index is 1030. The molecule has 0 spiro atoms. The number of anilines is 1. The van der Waals surface area contributed by atoms with Crippen molar-refractivity contribution in [1.29, 1.82) is 0 Å². The number of thioether (sulfide) groups is 1. The highest BCUT2D eigenvalue weighted by molar-refractivity contribution is 8.00. The Morgan fingerprint density at radius 1 is 1.00 bits per heavy atom. The zero-order chi connectivity index (χ0) is 22.0. The molecule has 2 aromatic rings. The van der Waals surface area contributed by atoms with Gasteiger partial charge < -0.3 is 4.90 Å². The number of aryl methyl sites for hydroxylation is 1. The van der Waals surface area contributed by atoms with Gasteiger partial charge in [0.15, 0.2) is 0 Å². The van der Waals surface area contributed by atoms with Crippen molar-refractivity contribution in [2.75, 3.05) is 44.2 Å². The fraction of sp³-hybridized carbons (Fsp3) is 0.435. The van der Waals surface area contributed by atoms with Gasteiger partial charge in [-0.15, -0.1) is 11.8 Å². The van der Waals surface area contributed by atoms with Crippen molar-refractivity contribution in [2.24, 2.45) is 0 Å². The van der Waals surface area contributed by atoms with E-state index in [0.717, 1.165) is 22.6 Å². The van der Waals surface area contributed by atoms with Crippen LogP contribution in [-0.4, -0.2) is 68.0 Å². The van der Waals surface area contributed by atoms with Crippen LogP contribution in [0.15, 0.2) is 58.3 Å². The minimum absolute atomic E-state index is 0.0805. The highest BCUT2D eigenvalue weighted by Crippen LogP contribution is 2.37. The first-order valence-corrected chi connectivity index (χ1v) is 13.0. The number of nitrogens with zero attached hydrogens (tertiary/aromatic N) is 3. The maximum absolute atomic E-state index is 13.2. The van der Waals surface area contributed by atoms with Gasteiger partial charge in [-0.1, -0.05) is 36.8 Å². The number of fused-ring (bicyclic) bond motifs is 1. The lowest BCUT2D eigenvalue weighted by Gasteiger charge is -2.34. The van der Waals surface area contributed by atoms with Gasteiger partial charge in [0, 0.05) is 42.9 Å². The van der Waals surface area contributed by atoms with Crippen LogP contribution in [0.2, 0.25) is 0 Å². The third-order valence-corrected chi connectivity index (χ3v) is 9.04. The standard InChI is InChI=1S/C23H29N3O3S2/c1-18-7-9-20(10-8-18)31(28,29)25-15-13-24(14-16-25)17-23(27)26-12-11-19(2)30-22-6-4-3-5-21(22)26/h3-10,19H,11-17H2,1-2H3/t19-/m1/s1. The Morgan fingerprint density at radius 2 is 1.68 bits per heavy atom. The Morgan fingerprint density at radius 3 is 2.39 bits per heavy atom. The molecule has 0 aromatic heterocycles. The van der Waals surface area contributed by atoms with Gasteiger partial charge in [-0.3, -0.25) is 9.69 Å². The molecule has 1 fully saturated rings. The molecule has 8 heteroatoms. The van der Waals surface area contributed by atoms with Gasteiger partial charge >= 0.3 is 0 Å². The first-order valence-electron chi connectivity index (χ1n) is 10.7. The van der Waals surface area contributed by atoms with Gasteiger partial charge in [0.05, 0.1) is 17.1 Å². The van der Waals surface area contributed by atoms with Crippen LogP contribution in [0, 0.1) is 6.92 Å². The second kappa shape index (κ2) is 9.32. The molecule has 166 valence electrons. The van der Waals surface area contributed by atoms with Crippen molar-refractivity contribution < 1.29 is 13.2 Å². The van der Waals surface area contributed by atoms with Crippen molar-refractivity contribution >= 4 is 33.4 Å². The molecule has 6 nitrogen and oxygen atoms in total. The van der Waals surface area contributed by atoms with E-state index in [1.807, 2.05) is 53.9 Å². The van der Waals surface area contributed by atoms with Crippen molar-refractivity contribution in [3.05, 3.63) is 54.1 Å². The molecule has 1 amide bonds. The van der Waals surface area contributed by atoms with E-state index in [2.05, 4.69) is 17.9 Å². The van der Waals surface area contributed by atoms with Crippen LogP contribution in [0.3, 0.4) is 0 Å². The number of sulfonamides is 1. The number of hydrogen-bond acceptors (Lipinski definition) is 5. The van der Waals surface area contributed by atoms with Crippen molar-refractivity contribution in [1.82, 2.24) is 9.21 Å². The predicted octanol–water partition coefficient (Wildman–Crippen LogP) is 3.22. The summed E-state index contributed by atoms with van der Waals surface area (Å²) in [6.07, 6.45) is 0.952. The average Bonchev–Trinajstić information content (AvgIpc) is 2.92. The molecular formula is C23H29N3O3S2. The molecule has 2 heterocycles. The lowest BCUT2D eigenvalue weighted by atomic mass is 10.2. The zero-order valence-electron chi connectivity index (χ0n) is 18.0. The first kappa shape index (κ1) is 22.3. The fourth-order valence-corrected chi connectivity index (χ4v) is 6.54. The molecule has 2 aliphatic heterocycles. The van der Waals surface area contributed by atoms with Crippen molar-refractivity contribution in [3.63, 3.8) is 0 Å². The summed E-state index contributed by atoms with van der Waals surface area (Å²) in [5.74, 6) is 0.0805. The van der Waals surface area contributed by atoms with E-state index in [4.69, 9.17) is 0 Å². The molecule has 0 N–H and O–H groups in total. The van der Waals surface area contributed by atoms with Gasteiger partial charge in [0.25, 0.3) is 0 Å². The van der Waals surface area contributed by atoms with Crippen molar-refractivity contribution in [3.8, 4) is 0 Å². The summed E-state index contributed by atoms with van der Waals surface area (Å²) >= 11 is 1.82. The highest BCUT2D eigenvalue weighted by atomic mass is 32.2. The quantitative estimate of drug-likeness (QED) is 0.703. The van der Waals surface area contributed by atoms with E-state index in [-0.39, 0.29) is 5.91 Å². The molecule has 2 aliphatic rings. The largest absolute Gasteiger partial charge is 0.310 e. The topological polar surface area (TPSA) is 60.9 Å². The molecule has 0 bridgehead atoms. The van der Waals surface area contributed by atoms with E-state index in [9.17, 15) is 13.2 Å². The number of amides is 1. The Labute approximate surface area is 189 Å². The van der Waals surface area contributed by atoms with Gasteiger partial charge in [-0.2, -0.15) is 4.31 Å². The number of carbonyl (C=O) groups is 1. The second-order valence-corrected chi connectivity index (χ2v) is 11.6. The zero-order valence-corrected chi connectivity index (χ0v) is 19.7. The molecule has 4 rings (SSSR count). The predicted molar refractivity (Wildman–Crippen MR) is 125 cm³/mol. The lowest BCUT2D eigenvalue weighted by molar-refractivity contribution is -0.120. The number of piperazine rings is 1. The Hall–Kier alpha value is -1.87. The van der Waals surface area contributed by atoms with E-state index in [0.29, 0.717) is 49.4 Å². The minimum atomic E-state index is -3.49. The smallest absolute Gasteiger partial charge is 0.243 e. The SMILES string of the molecule is Cc1ccc(S(=O)(=O)N2CCN(CC(=O)N3CC[C@@H](C)Sc4ccccc43)CC2)cc1. The molecule has 2 aromatic carbocycles. The maximum Gasteiger partial charge on any atom is 0.243 e. The first-order chi connectivity index (χ1) is 14.8. The van der Waals surface area contributed by atoms with E-state index >= 15 is 0 Å². The number of rotatable bonds is 4. The van der Waals surface area contributed by atoms with E-state index in [1.54, 1.807) is 12.1 Å². The molecule has 0 radical (unpaired) electrons. The average molecular weight is 460 g/mol. The minimum Gasteiger partial charge on any atom is -0.310 e. The lowest BCUT2D eigenvalue weighted by Crippen LogP contribution is -2.51. The molecule has 1 saturated heterocycles. The van der Waals surface area contributed by atoms with Crippen LogP contribution in [0.1, 0.15) is 18.9 Å². The van der Waals surface area contributed by atoms with Crippen LogP contribution >= 0.6 is 11.8 Å². The van der Waals surface area contributed by atoms with E-state index in [1.165, 1.54) is 4.31 Å². The molecule has 0 aliphatic carbocycles. The van der Waals surface area contributed by atoms with Crippen LogP contribution in [0.5, 0.6) is 0 Å². The number of hydrogen-bond donors (Lipinski definition) is 0. The van der Waals surface area contributed by atoms with Crippen LogP contribution in [0.4, 0.5) is 5.69 Å². The maximum atomic E-state index is 13.2. The van der Waals surface area contributed by atoms with Gasteiger partial charge in [-0.05, 0) is 37.6 Å². The summed E-state index contributed by atoms with van der Waals surface area (Å²) in [6.45, 7) is 7.06. The summed E-state index contributed by atoms with van der Waals surface area (Å²) in [6, 6.07) is 15.1. The van der Waals surface area contributed by atoms with E-state index < -0.39 is 10.0 Å². The normalized spacial score (nSPS) is 20.8. The van der Waals surface area contributed by atoms with Gasteiger partial charge in [-0.25, -0.2) is 8.42 Å². The summed E-state index contributed by atoms with van der Waals surface area (Å²) in [4.78, 5) is 18.6. The number of carbonyl (C=O) groups excluding carboxylic acids is 1. The van der Waals surface area contributed by atoms with Gasteiger partial charge in [0.2, 0.25) is 15.9 Å². The molecule has 0 unspecified atom stereocenters. The fourth-order valence-electron chi connectivity index (χ4n) is 4.01.